The number of rotatable bonds is 6. The summed E-state index contributed by atoms with van der Waals surface area (Å²) in [5.41, 5.74) is 2.70. The smallest absolute Gasteiger partial charge is 0.261 e. The quantitative estimate of drug-likeness (QED) is 0.823. The number of amides is 3. The van der Waals surface area contributed by atoms with Gasteiger partial charge in [-0.3, -0.25) is 19.3 Å². The maximum Gasteiger partial charge on any atom is 0.261 e. The zero-order valence-electron chi connectivity index (χ0n) is 14.1. The van der Waals surface area contributed by atoms with E-state index in [4.69, 9.17) is 0 Å². The van der Waals surface area contributed by atoms with Crippen LogP contribution in [0.5, 0.6) is 0 Å². The van der Waals surface area contributed by atoms with Crippen LogP contribution in [-0.2, 0) is 11.2 Å². The summed E-state index contributed by atoms with van der Waals surface area (Å²) in [6, 6.07) is 14.4. The first-order valence-electron chi connectivity index (χ1n) is 8.44. The van der Waals surface area contributed by atoms with Crippen molar-refractivity contribution in [3.8, 4) is 0 Å². The van der Waals surface area contributed by atoms with Crippen molar-refractivity contribution >= 4 is 23.4 Å². The zero-order valence-corrected chi connectivity index (χ0v) is 14.1. The lowest BCUT2D eigenvalue weighted by Crippen LogP contribution is -2.31. The van der Waals surface area contributed by atoms with E-state index in [9.17, 15) is 14.4 Å². The monoisotopic (exact) mass is 336 g/mol. The number of carbonyl (C=O) groups excluding carboxylic acids is 3. The topological polar surface area (TPSA) is 66.5 Å². The molecule has 0 unspecified atom stereocenters. The highest BCUT2D eigenvalue weighted by atomic mass is 16.2. The Morgan fingerprint density at radius 2 is 1.56 bits per heavy atom. The summed E-state index contributed by atoms with van der Waals surface area (Å²) in [6.07, 6.45) is 1.89. The predicted octanol–water partition coefficient (Wildman–Crippen LogP) is 3.26. The molecule has 1 aliphatic rings. The summed E-state index contributed by atoms with van der Waals surface area (Å²) in [4.78, 5) is 37.5. The van der Waals surface area contributed by atoms with Crippen molar-refractivity contribution < 1.29 is 14.4 Å². The molecule has 2 aromatic rings. The van der Waals surface area contributed by atoms with Gasteiger partial charge in [-0.2, -0.15) is 0 Å². The van der Waals surface area contributed by atoms with E-state index in [0.29, 0.717) is 30.5 Å². The summed E-state index contributed by atoms with van der Waals surface area (Å²) in [6.45, 7) is 2.30. The van der Waals surface area contributed by atoms with Gasteiger partial charge >= 0.3 is 0 Å². The minimum atomic E-state index is -0.232. The number of imide groups is 1. The Balaban J connectivity index is 1.60. The van der Waals surface area contributed by atoms with Crippen LogP contribution in [0, 0.1) is 0 Å². The molecule has 25 heavy (non-hydrogen) atoms. The molecular weight excluding hydrogens is 316 g/mol. The molecule has 1 N–H and O–H groups in total. The molecule has 0 radical (unpaired) electrons. The predicted molar refractivity (Wildman–Crippen MR) is 95.5 cm³/mol. The number of anilines is 1. The van der Waals surface area contributed by atoms with E-state index in [1.165, 1.54) is 4.90 Å². The van der Waals surface area contributed by atoms with Gasteiger partial charge in [-0.05, 0) is 42.7 Å². The van der Waals surface area contributed by atoms with Gasteiger partial charge < -0.3 is 5.32 Å². The van der Waals surface area contributed by atoms with Crippen LogP contribution in [0.2, 0.25) is 0 Å². The molecule has 0 bridgehead atoms. The second-order valence-corrected chi connectivity index (χ2v) is 6.05. The Kier molecular flexibility index (Phi) is 4.93. The highest BCUT2D eigenvalue weighted by molar-refractivity contribution is 6.21. The summed E-state index contributed by atoms with van der Waals surface area (Å²) >= 11 is 0. The highest BCUT2D eigenvalue weighted by Gasteiger charge is 2.34. The molecule has 1 heterocycles. The first kappa shape index (κ1) is 16.9. The molecule has 3 amide bonds. The molecule has 0 spiro atoms. The summed E-state index contributed by atoms with van der Waals surface area (Å²) in [7, 11) is 0. The number of carbonyl (C=O) groups is 3. The van der Waals surface area contributed by atoms with Crippen LogP contribution in [-0.4, -0.2) is 29.2 Å². The molecule has 0 saturated heterocycles. The molecule has 0 atom stereocenters. The fourth-order valence-corrected chi connectivity index (χ4v) is 2.89. The lowest BCUT2D eigenvalue weighted by molar-refractivity contribution is -0.116. The van der Waals surface area contributed by atoms with Gasteiger partial charge in [0.25, 0.3) is 11.8 Å². The summed E-state index contributed by atoms with van der Waals surface area (Å²) < 4.78 is 0. The average Bonchev–Trinajstić information content (AvgIpc) is 2.86. The molecule has 2 aromatic carbocycles. The lowest BCUT2D eigenvalue weighted by atomic mass is 10.1. The first-order valence-corrected chi connectivity index (χ1v) is 8.44. The van der Waals surface area contributed by atoms with E-state index in [1.54, 1.807) is 24.3 Å². The largest absolute Gasteiger partial charge is 0.326 e. The van der Waals surface area contributed by atoms with Crippen molar-refractivity contribution in [2.24, 2.45) is 0 Å². The van der Waals surface area contributed by atoms with Crippen LogP contribution < -0.4 is 5.32 Å². The molecule has 0 fully saturated rings. The van der Waals surface area contributed by atoms with Crippen molar-refractivity contribution in [3.05, 3.63) is 65.2 Å². The van der Waals surface area contributed by atoms with Crippen molar-refractivity contribution in [2.75, 3.05) is 11.9 Å². The van der Waals surface area contributed by atoms with Crippen LogP contribution in [0.25, 0.3) is 0 Å². The Bertz CT molecular complexity index is 777. The summed E-state index contributed by atoms with van der Waals surface area (Å²) in [5, 5.41) is 2.84. The van der Waals surface area contributed by atoms with Gasteiger partial charge in [-0.1, -0.05) is 31.2 Å². The molecule has 5 nitrogen and oxygen atoms in total. The third kappa shape index (κ3) is 3.60. The van der Waals surface area contributed by atoms with Gasteiger partial charge in [0.15, 0.2) is 0 Å². The third-order valence-electron chi connectivity index (χ3n) is 4.22. The molecule has 128 valence electrons. The maximum absolute atomic E-state index is 12.3. The minimum absolute atomic E-state index is 0.00118. The molecule has 3 rings (SSSR count). The van der Waals surface area contributed by atoms with Gasteiger partial charge in [-0.15, -0.1) is 0 Å². The first-order chi connectivity index (χ1) is 12.1. The SMILES string of the molecule is CCCC(=O)Nc1ccc(CCN2C(=O)c3ccccc3C2=O)cc1. The van der Waals surface area contributed by atoms with Gasteiger partial charge in [0.05, 0.1) is 11.1 Å². The fraction of sp³-hybridized carbons (Fsp3) is 0.250. The van der Waals surface area contributed by atoms with Crippen LogP contribution in [0.4, 0.5) is 5.69 Å². The van der Waals surface area contributed by atoms with E-state index in [2.05, 4.69) is 5.32 Å². The van der Waals surface area contributed by atoms with Crippen molar-refractivity contribution in [1.29, 1.82) is 0 Å². The van der Waals surface area contributed by atoms with E-state index < -0.39 is 0 Å². The fourth-order valence-electron chi connectivity index (χ4n) is 2.89. The van der Waals surface area contributed by atoms with Crippen LogP contribution in [0.3, 0.4) is 0 Å². The van der Waals surface area contributed by atoms with Crippen molar-refractivity contribution in [2.45, 2.75) is 26.2 Å². The van der Waals surface area contributed by atoms with Crippen LogP contribution >= 0.6 is 0 Å². The second kappa shape index (κ2) is 7.30. The molecule has 0 aromatic heterocycles. The lowest BCUT2D eigenvalue weighted by Gasteiger charge is -2.14. The number of nitrogens with one attached hydrogen (secondary N) is 1. The van der Waals surface area contributed by atoms with Gasteiger partial charge in [0.2, 0.25) is 5.91 Å². The van der Waals surface area contributed by atoms with E-state index in [1.807, 2.05) is 31.2 Å². The van der Waals surface area contributed by atoms with E-state index in [-0.39, 0.29) is 17.7 Å². The van der Waals surface area contributed by atoms with E-state index in [0.717, 1.165) is 17.7 Å². The number of hydrogen-bond acceptors (Lipinski definition) is 3. The standard InChI is InChI=1S/C20H20N2O3/c1-2-5-18(23)21-15-10-8-14(9-11-15)12-13-22-19(24)16-6-3-4-7-17(16)20(22)25/h3-4,6-11H,2,5,12-13H2,1H3,(H,21,23). The molecular formula is C20H20N2O3. The zero-order chi connectivity index (χ0) is 17.8. The average molecular weight is 336 g/mol. The molecule has 0 aliphatic carbocycles. The maximum atomic E-state index is 12.3. The Morgan fingerprint density at radius 1 is 0.960 bits per heavy atom. The third-order valence-corrected chi connectivity index (χ3v) is 4.22. The normalized spacial score (nSPS) is 13.1. The Labute approximate surface area is 146 Å². The molecule has 1 aliphatic heterocycles. The van der Waals surface area contributed by atoms with Crippen molar-refractivity contribution in [1.82, 2.24) is 4.90 Å². The number of hydrogen-bond donors (Lipinski definition) is 1. The Morgan fingerprint density at radius 3 is 2.12 bits per heavy atom. The van der Waals surface area contributed by atoms with Gasteiger partial charge in [0.1, 0.15) is 0 Å². The Hall–Kier alpha value is -2.95. The number of nitrogens with zero attached hydrogens (tertiary/aromatic N) is 1. The second-order valence-electron chi connectivity index (χ2n) is 6.05. The number of benzene rings is 2. The molecule has 5 heteroatoms. The van der Waals surface area contributed by atoms with Crippen LogP contribution in [0.15, 0.2) is 48.5 Å². The van der Waals surface area contributed by atoms with E-state index >= 15 is 0 Å². The highest BCUT2D eigenvalue weighted by Crippen LogP contribution is 2.22. The molecule has 0 saturated carbocycles. The van der Waals surface area contributed by atoms with Gasteiger partial charge in [-0.25, -0.2) is 0 Å². The number of fused-ring (bicyclic) bond motifs is 1. The minimum Gasteiger partial charge on any atom is -0.326 e. The van der Waals surface area contributed by atoms with Crippen molar-refractivity contribution in [3.63, 3.8) is 0 Å². The van der Waals surface area contributed by atoms with Crippen LogP contribution in [0.1, 0.15) is 46.0 Å². The van der Waals surface area contributed by atoms with Gasteiger partial charge in [0, 0.05) is 18.7 Å². The summed E-state index contributed by atoms with van der Waals surface area (Å²) in [5.74, 6) is -0.464.